The number of nitrogens with zero attached hydrogens (tertiary/aromatic N) is 1. The van der Waals surface area contributed by atoms with Crippen LogP contribution in [0.4, 0.5) is 17.1 Å². The Hall–Kier alpha value is -5.44. The molecule has 1 aliphatic carbocycles. The van der Waals surface area contributed by atoms with Gasteiger partial charge in [-0.2, -0.15) is 0 Å². The molecule has 0 saturated carbocycles. The summed E-state index contributed by atoms with van der Waals surface area (Å²) < 4.78 is 2.64. The van der Waals surface area contributed by atoms with Crippen LogP contribution in [-0.4, -0.2) is 0 Å². The molecule has 1 aliphatic rings. The van der Waals surface area contributed by atoms with Gasteiger partial charge in [0.25, 0.3) is 0 Å². The molecule has 0 bridgehead atoms. The quantitative estimate of drug-likeness (QED) is 0.185. The van der Waals surface area contributed by atoms with Crippen molar-refractivity contribution in [1.82, 2.24) is 0 Å². The Labute approximate surface area is 280 Å². The molecule has 0 radical (unpaired) electrons. The molecule has 0 saturated heterocycles. The maximum Gasteiger partial charge on any atom is 0.0468 e. The van der Waals surface area contributed by atoms with Crippen LogP contribution in [0.25, 0.3) is 53.6 Å². The second kappa shape index (κ2) is 10.8. The zero-order valence-electron chi connectivity index (χ0n) is 26.4. The Morgan fingerprint density at radius 1 is 0.404 bits per heavy atom. The predicted molar refractivity (Wildman–Crippen MR) is 202 cm³/mol. The lowest BCUT2D eigenvalue weighted by atomic mass is 9.82. The molecule has 1 aromatic heterocycles. The van der Waals surface area contributed by atoms with Crippen LogP contribution in [0.15, 0.2) is 164 Å². The average Bonchev–Trinajstić information content (AvgIpc) is 3.61. The highest BCUT2D eigenvalue weighted by atomic mass is 32.1. The zero-order valence-corrected chi connectivity index (χ0v) is 27.3. The summed E-state index contributed by atoms with van der Waals surface area (Å²) in [5, 5.41) is 2.62. The lowest BCUT2D eigenvalue weighted by Gasteiger charge is -2.28. The van der Waals surface area contributed by atoms with Crippen LogP contribution in [0.5, 0.6) is 0 Å². The van der Waals surface area contributed by atoms with E-state index in [1.54, 1.807) is 0 Å². The molecule has 8 aromatic rings. The van der Waals surface area contributed by atoms with E-state index in [0.29, 0.717) is 0 Å². The third kappa shape index (κ3) is 4.60. The summed E-state index contributed by atoms with van der Waals surface area (Å²) in [6.45, 7) is 4.71. The molecule has 7 aromatic carbocycles. The van der Waals surface area contributed by atoms with Gasteiger partial charge in [-0.15, -0.1) is 11.3 Å². The van der Waals surface area contributed by atoms with Crippen LogP contribution >= 0.6 is 11.3 Å². The lowest BCUT2D eigenvalue weighted by molar-refractivity contribution is 0.660. The van der Waals surface area contributed by atoms with E-state index < -0.39 is 0 Å². The number of hydrogen-bond donors (Lipinski definition) is 0. The molecule has 224 valence electrons. The molecule has 9 rings (SSSR count). The predicted octanol–water partition coefficient (Wildman–Crippen LogP) is 13.2. The van der Waals surface area contributed by atoms with Crippen LogP contribution in [0.3, 0.4) is 0 Å². The number of benzene rings is 7. The van der Waals surface area contributed by atoms with Gasteiger partial charge in [0.15, 0.2) is 0 Å². The number of hydrogen-bond acceptors (Lipinski definition) is 2. The van der Waals surface area contributed by atoms with Crippen molar-refractivity contribution in [2.75, 3.05) is 4.90 Å². The molecule has 1 nitrogen and oxygen atoms in total. The fraction of sp³-hybridized carbons (Fsp3) is 0.0667. The summed E-state index contributed by atoms with van der Waals surface area (Å²) in [7, 11) is 0. The molecule has 0 amide bonds. The van der Waals surface area contributed by atoms with Gasteiger partial charge in [-0.05, 0) is 93.0 Å². The molecule has 1 heterocycles. The van der Waals surface area contributed by atoms with E-state index in [1.165, 1.54) is 70.4 Å². The first-order valence-electron chi connectivity index (χ1n) is 16.3. The molecule has 0 spiro atoms. The van der Waals surface area contributed by atoms with E-state index in [4.69, 9.17) is 0 Å². The van der Waals surface area contributed by atoms with E-state index in [2.05, 4.69) is 183 Å². The van der Waals surface area contributed by atoms with Crippen molar-refractivity contribution in [3.63, 3.8) is 0 Å². The summed E-state index contributed by atoms with van der Waals surface area (Å²) in [6.07, 6.45) is 0. The van der Waals surface area contributed by atoms with E-state index in [-0.39, 0.29) is 5.41 Å². The Balaban J connectivity index is 1.15. The zero-order chi connectivity index (χ0) is 31.5. The topological polar surface area (TPSA) is 3.24 Å². The highest BCUT2D eigenvalue weighted by Gasteiger charge is 2.35. The van der Waals surface area contributed by atoms with E-state index in [1.807, 2.05) is 11.3 Å². The van der Waals surface area contributed by atoms with Crippen molar-refractivity contribution < 1.29 is 0 Å². The van der Waals surface area contributed by atoms with Gasteiger partial charge in [0.1, 0.15) is 0 Å². The summed E-state index contributed by atoms with van der Waals surface area (Å²) >= 11 is 1.86. The van der Waals surface area contributed by atoms with Gasteiger partial charge in [0.05, 0.1) is 0 Å². The van der Waals surface area contributed by atoms with E-state index in [0.717, 1.165) is 11.4 Å². The molecule has 0 N–H and O–H groups in total. The lowest BCUT2D eigenvalue weighted by Crippen LogP contribution is -2.16. The average molecular weight is 620 g/mol. The first-order chi connectivity index (χ1) is 23.0. The molecule has 0 unspecified atom stereocenters. The van der Waals surface area contributed by atoms with Gasteiger partial charge >= 0.3 is 0 Å². The van der Waals surface area contributed by atoms with Gasteiger partial charge in [-0.3, -0.25) is 0 Å². The molecular formula is C45H33NS. The summed E-state index contributed by atoms with van der Waals surface area (Å²) in [4.78, 5) is 2.42. The van der Waals surface area contributed by atoms with Crippen LogP contribution in [0.1, 0.15) is 25.0 Å². The molecule has 2 heteroatoms. The van der Waals surface area contributed by atoms with E-state index >= 15 is 0 Å². The number of fused-ring (bicyclic) bond motifs is 6. The smallest absolute Gasteiger partial charge is 0.0468 e. The Morgan fingerprint density at radius 2 is 0.936 bits per heavy atom. The van der Waals surface area contributed by atoms with Crippen molar-refractivity contribution in [2.24, 2.45) is 0 Å². The third-order valence-corrected chi connectivity index (χ3v) is 11.0. The first-order valence-corrected chi connectivity index (χ1v) is 17.1. The standard InChI is InChI=1S/C45H33NS/c1-45(2)41-14-8-6-12-37(41)38-26-24-36(29-42(38)45)46(35-25-27-44-40(28-35)39-13-7-9-15-43(39)47-44)34-22-20-33(21-23-34)32-18-16-31(17-19-32)30-10-4-3-5-11-30/h3-29H,1-2H3. The van der Waals surface area contributed by atoms with Gasteiger partial charge in [0.2, 0.25) is 0 Å². The SMILES string of the molecule is CC1(C)c2ccccc2-c2ccc(N(c3ccc(-c4ccc(-c5ccccc5)cc4)cc3)c3ccc4sc5ccccc5c4c3)cc21. The fourth-order valence-corrected chi connectivity index (χ4v) is 8.51. The third-order valence-electron chi connectivity index (χ3n) is 9.89. The maximum absolute atomic E-state index is 2.42. The van der Waals surface area contributed by atoms with Crippen molar-refractivity contribution in [2.45, 2.75) is 19.3 Å². The van der Waals surface area contributed by atoms with Gasteiger partial charge in [-0.1, -0.05) is 129 Å². The van der Waals surface area contributed by atoms with Crippen molar-refractivity contribution >= 4 is 48.6 Å². The number of anilines is 3. The van der Waals surface area contributed by atoms with Gasteiger partial charge in [0, 0.05) is 42.6 Å². The van der Waals surface area contributed by atoms with Crippen molar-refractivity contribution in [3.05, 3.63) is 175 Å². The highest BCUT2D eigenvalue weighted by molar-refractivity contribution is 7.25. The second-order valence-corrected chi connectivity index (χ2v) is 14.1. The van der Waals surface area contributed by atoms with Gasteiger partial charge < -0.3 is 4.90 Å². The molecule has 0 atom stereocenters. The summed E-state index contributed by atoms with van der Waals surface area (Å²) in [6, 6.07) is 60.1. The van der Waals surface area contributed by atoms with Crippen molar-refractivity contribution in [1.29, 1.82) is 0 Å². The number of rotatable bonds is 5. The number of thiophene rings is 1. The summed E-state index contributed by atoms with van der Waals surface area (Å²) in [5.74, 6) is 0. The largest absolute Gasteiger partial charge is 0.310 e. The second-order valence-electron chi connectivity index (χ2n) is 13.0. The monoisotopic (exact) mass is 619 g/mol. The van der Waals surface area contributed by atoms with Crippen molar-refractivity contribution in [3.8, 4) is 33.4 Å². The molecule has 0 aliphatic heterocycles. The van der Waals surface area contributed by atoms with Crippen LogP contribution in [0, 0.1) is 0 Å². The molecule has 0 fully saturated rings. The fourth-order valence-electron chi connectivity index (χ4n) is 7.42. The minimum atomic E-state index is -0.0725. The Morgan fingerprint density at radius 3 is 1.70 bits per heavy atom. The minimum Gasteiger partial charge on any atom is -0.310 e. The maximum atomic E-state index is 2.42. The molecule has 47 heavy (non-hydrogen) atoms. The normalized spacial score (nSPS) is 13.1. The van der Waals surface area contributed by atoms with E-state index in [9.17, 15) is 0 Å². The van der Waals surface area contributed by atoms with Crippen LogP contribution < -0.4 is 4.90 Å². The highest BCUT2D eigenvalue weighted by Crippen LogP contribution is 2.51. The molecular weight excluding hydrogens is 587 g/mol. The Bertz CT molecular complexity index is 2410. The van der Waals surface area contributed by atoms with Gasteiger partial charge in [-0.25, -0.2) is 0 Å². The minimum absolute atomic E-state index is 0.0725. The van der Waals surface area contributed by atoms with Crippen LogP contribution in [-0.2, 0) is 5.41 Å². The summed E-state index contributed by atoms with van der Waals surface area (Å²) in [5.41, 5.74) is 13.7. The first kappa shape index (κ1) is 27.8. The van der Waals surface area contributed by atoms with Crippen LogP contribution in [0.2, 0.25) is 0 Å². The Kier molecular flexibility index (Phi) is 6.41.